The van der Waals surface area contributed by atoms with E-state index >= 15 is 0 Å². The third kappa shape index (κ3) is 5.63. The Bertz CT molecular complexity index is 1050. The van der Waals surface area contributed by atoms with Crippen molar-refractivity contribution in [2.45, 2.75) is 59.8 Å². The van der Waals surface area contributed by atoms with E-state index in [0.717, 1.165) is 43.1 Å². The molecule has 0 fully saturated rings. The number of pyridine rings is 1. The number of nitrogens with zero attached hydrogens (tertiary/aromatic N) is 1. The molecule has 164 valence electrons. The molecule has 1 aromatic heterocycles. The molecule has 0 aliphatic heterocycles. The van der Waals surface area contributed by atoms with Crippen molar-refractivity contribution in [1.29, 1.82) is 5.41 Å². The van der Waals surface area contributed by atoms with Crippen LogP contribution in [0.2, 0.25) is 0 Å². The average molecular weight is 417 g/mol. The summed E-state index contributed by atoms with van der Waals surface area (Å²) in [5, 5.41) is 9.87. The van der Waals surface area contributed by atoms with Gasteiger partial charge in [0.15, 0.2) is 0 Å². The first-order valence-corrected chi connectivity index (χ1v) is 11.3. The maximum absolute atomic E-state index is 7.52. The monoisotopic (exact) mass is 416 g/mol. The molecule has 0 saturated carbocycles. The molecular weight excluding hydrogens is 380 g/mol. The summed E-state index contributed by atoms with van der Waals surface area (Å²) in [7, 11) is 0. The Morgan fingerprint density at radius 2 is 1.65 bits per heavy atom. The molecule has 2 aromatic carbocycles. The number of amidine groups is 1. The predicted octanol–water partition coefficient (Wildman–Crippen LogP) is 5.81. The third-order valence-corrected chi connectivity index (χ3v) is 6.24. The van der Waals surface area contributed by atoms with E-state index in [1.165, 1.54) is 27.6 Å². The largest absolute Gasteiger partial charge is 0.384 e. The van der Waals surface area contributed by atoms with Gasteiger partial charge in [-0.1, -0.05) is 45.0 Å². The zero-order valence-corrected chi connectivity index (χ0v) is 19.3. The van der Waals surface area contributed by atoms with Crippen LogP contribution in [0.3, 0.4) is 0 Å². The Hall–Kier alpha value is -2.88. The molecule has 0 saturated heterocycles. The molecular formula is C27H36N4. The summed E-state index contributed by atoms with van der Waals surface area (Å²) in [6.07, 6.45) is 7.33. The van der Waals surface area contributed by atoms with Gasteiger partial charge in [-0.2, -0.15) is 0 Å². The number of hydrogen-bond donors (Lipinski definition) is 3. The zero-order valence-electron chi connectivity index (χ0n) is 19.3. The van der Waals surface area contributed by atoms with Gasteiger partial charge < -0.3 is 11.5 Å². The van der Waals surface area contributed by atoms with Crippen LogP contribution in [-0.4, -0.2) is 10.8 Å². The molecule has 3 rings (SSSR count). The van der Waals surface area contributed by atoms with Gasteiger partial charge in [-0.05, 0) is 90.6 Å². The van der Waals surface area contributed by atoms with E-state index in [4.69, 9.17) is 16.9 Å². The Balaban J connectivity index is 1.74. The quantitative estimate of drug-likeness (QED) is 0.304. The predicted molar refractivity (Wildman–Crippen MR) is 133 cm³/mol. The lowest BCUT2D eigenvalue weighted by Gasteiger charge is -2.20. The first kappa shape index (κ1) is 22.8. The van der Waals surface area contributed by atoms with E-state index in [9.17, 15) is 0 Å². The van der Waals surface area contributed by atoms with E-state index in [1.807, 2.05) is 18.3 Å². The van der Waals surface area contributed by atoms with Crippen LogP contribution in [0.25, 0.3) is 10.8 Å². The lowest BCUT2D eigenvalue weighted by atomic mass is 9.86. The molecule has 0 spiro atoms. The number of hydrogen-bond acceptors (Lipinski definition) is 3. The molecule has 4 nitrogen and oxygen atoms in total. The second-order valence-corrected chi connectivity index (χ2v) is 9.33. The van der Waals surface area contributed by atoms with Crippen LogP contribution in [0.1, 0.15) is 61.4 Å². The number of aryl methyl sites for hydroxylation is 3. The number of nitrogens with two attached hydrogens (primary N) is 2. The highest BCUT2D eigenvalue weighted by molar-refractivity contribution is 5.95. The van der Waals surface area contributed by atoms with Gasteiger partial charge >= 0.3 is 0 Å². The number of nitrogen functional groups attached to an aromatic ring is 2. The number of rotatable bonds is 9. The molecule has 5 N–H and O–H groups in total. The van der Waals surface area contributed by atoms with Crippen molar-refractivity contribution in [2.75, 3.05) is 5.73 Å². The standard InChI is InChI=1S/C27H36N4/c1-17(2)15-24-19(4)16-25-23(13-14-31-27(25)30)22(24)12-6-18(3)5-7-20-8-10-21(11-9-20)26(28)29/h8-11,13-14,16-18H,5-7,12,15H2,1-4H3,(H3,28,29)(H2,30,31). The zero-order chi connectivity index (χ0) is 22.5. The van der Waals surface area contributed by atoms with Gasteiger partial charge in [-0.3, -0.25) is 5.41 Å². The summed E-state index contributed by atoms with van der Waals surface area (Å²) >= 11 is 0. The molecule has 1 heterocycles. The Morgan fingerprint density at radius 3 is 2.29 bits per heavy atom. The lowest BCUT2D eigenvalue weighted by molar-refractivity contribution is 0.492. The maximum Gasteiger partial charge on any atom is 0.131 e. The normalized spacial score (nSPS) is 12.4. The van der Waals surface area contributed by atoms with Crippen LogP contribution < -0.4 is 11.5 Å². The molecule has 0 bridgehead atoms. The van der Waals surface area contributed by atoms with Crippen molar-refractivity contribution in [1.82, 2.24) is 4.98 Å². The van der Waals surface area contributed by atoms with Crippen molar-refractivity contribution in [3.8, 4) is 0 Å². The summed E-state index contributed by atoms with van der Waals surface area (Å²) < 4.78 is 0. The summed E-state index contributed by atoms with van der Waals surface area (Å²) in [4.78, 5) is 4.31. The molecule has 31 heavy (non-hydrogen) atoms. The van der Waals surface area contributed by atoms with Crippen LogP contribution in [0.4, 0.5) is 5.82 Å². The molecule has 0 amide bonds. The highest BCUT2D eigenvalue weighted by atomic mass is 14.8. The van der Waals surface area contributed by atoms with Gasteiger partial charge in [0.2, 0.25) is 0 Å². The lowest BCUT2D eigenvalue weighted by Crippen LogP contribution is -2.10. The van der Waals surface area contributed by atoms with Crippen molar-refractivity contribution in [3.05, 3.63) is 70.4 Å². The van der Waals surface area contributed by atoms with Crippen LogP contribution in [-0.2, 0) is 19.3 Å². The number of fused-ring (bicyclic) bond motifs is 1. The van der Waals surface area contributed by atoms with Crippen molar-refractivity contribution in [2.24, 2.45) is 17.6 Å². The minimum absolute atomic E-state index is 0.123. The van der Waals surface area contributed by atoms with Gasteiger partial charge in [-0.25, -0.2) is 4.98 Å². The number of nitrogens with one attached hydrogen (secondary N) is 1. The van der Waals surface area contributed by atoms with Gasteiger partial charge in [0, 0.05) is 17.1 Å². The van der Waals surface area contributed by atoms with E-state index in [1.54, 1.807) is 0 Å². The highest BCUT2D eigenvalue weighted by Crippen LogP contribution is 2.32. The minimum atomic E-state index is 0.123. The van der Waals surface area contributed by atoms with Crippen LogP contribution in [0.15, 0.2) is 42.6 Å². The number of aromatic nitrogens is 1. The topological polar surface area (TPSA) is 88.8 Å². The van der Waals surface area contributed by atoms with Gasteiger partial charge in [0.05, 0.1) is 0 Å². The van der Waals surface area contributed by atoms with Gasteiger partial charge in [0.1, 0.15) is 11.7 Å². The molecule has 3 aromatic rings. The third-order valence-electron chi connectivity index (χ3n) is 6.24. The average Bonchev–Trinajstić information content (AvgIpc) is 2.73. The second kappa shape index (κ2) is 9.95. The van der Waals surface area contributed by atoms with Crippen molar-refractivity contribution in [3.63, 3.8) is 0 Å². The molecule has 4 heteroatoms. The summed E-state index contributed by atoms with van der Waals surface area (Å²) in [5.41, 5.74) is 18.1. The molecule has 1 atom stereocenters. The fourth-order valence-corrected chi connectivity index (χ4v) is 4.39. The fraction of sp³-hybridized carbons (Fsp3) is 0.407. The molecule has 1 unspecified atom stereocenters. The molecule has 0 aliphatic rings. The smallest absolute Gasteiger partial charge is 0.131 e. The fourth-order valence-electron chi connectivity index (χ4n) is 4.39. The van der Waals surface area contributed by atoms with E-state index in [0.29, 0.717) is 17.7 Å². The number of benzene rings is 2. The molecule has 0 aliphatic carbocycles. The first-order chi connectivity index (χ1) is 14.8. The van der Waals surface area contributed by atoms with Crippen molar-refractivity contribution < 1.29 is 0 Å². The summed E-state index contributed by atoms with van der Waals surface area (Å²) in [6.45, 7) is 9.13. The second-order valence-electron chi connectivity index (χ2n) is 9.33. The Morgan fingerprint density at radius 1 is 0.968 bits per heavy atom. The SMILES string of the molecule is Cc1cc2c(N)nccc2c(CCC(C)CCc2ccc(C(=N)N)cc2)c1CC(C)C. The van der Waals surface area contributed by atoms with Crippen LogP contribution >= 0.6 is 0 Å². The summed E-state index contributed by atoms with van der Waals surface area (Å²) in [5.74, 6) is 1.98. The van der Waals surface area contributed by atoms with Crippen LogP contribution in [0.5, 0.6) is 0 Å². The van der Waals surface area contributed by atoms with Crippen molar-refractivity contribution >= 4 is 22.4 Å². The van der Waals surface area contributed by atoms with Crippen LogP contribution in [0, 0.1) is 24.2 Å². The Kier molecular flexibility index (Phi) is 7.32. The van der Waals surface area contributed by atoms with E-state index in [-0.39, 0.29) is 5.84 Å². The number of anilines is 1. The summed E-state index contributed by atoms with van der Waals surface area (Å²) in [6, 6.07) is 12.4. The minimum Gasteiger partial charge on any atom is -0.384 e. The van der Waals surface area contributed by atoms with Gasteiger partial charge in [-0.15, -0.1) is 0 Å². The van der Waals surface area contributed by atoms with Gasteiger partial charge in [0.25, 0.3) is 0 Å². The van der Waals surface area contributed by atoms with E-state index in [2.05, 4.69) is 56.9 Å². The highest BCUT2D eigenvalue weighted by Gasteiger charge is 2.15. The molecule has 0 radical (unpaired) electrons. The van der Waals surface area contributed by atoms with E-state index < -0.39 is 0 Å². The maximum atomic E-state index is 7.52. The Labute approximate surface area is 186 Å². The first-order valence-electron chi connectivity index (χ1n) is 11.3.